The Bertz CT molecular complexity index is 560. The van der Waals surface area contributed by atoms with E-state index in [1.807, 2.05) is 12.1 Å². The Morgan fingerprint density at radius 1 is 1.35 bits per heavy atom. The molecule has 0 radical (unpaired) electrons. The van der Waals surface area contributed by atoms with Crippen molar-refractivity contribution >= 4 is 12.0 Å². The zero-order chi connectivity index (χ0) is 14.1. The maximum absolute atomic E-state index is 12.0. The van der Waals surface area contributed by atoms with Crippen molar-refractivity contribution in [2.45, 2.75) is 12.6 Å². The summed E-state index contributed by atoms with van der Waals surface area (Å²) in [4.78, 5) is 24.4. The minimum atomic E-state index is -0.573. The number of cyclic esters (lactones) is 1. The van der Waals surface area contributed by atoms with Crippen LogP contribution >= 0.6 is 0 Å². The predicted molar refractivity (Wildman–Crippen MR) is 67.3 cm³/mol. The van der Waals surface area contributed by atoms with Gasteiger partial charge in [-0.1, -0.05) is 6.07 Å². The van der Waals surface area contributed by atoms with Gasteiger partial charge in [0, 0.05) is 13.6 Å². The van der Waals surface area contributed by atoms with Crippen LogP contribution in [0.4, 0.5) is 4.79 Å². The van der Waals surface area contributed by atoms with Crippen molar-refractivity contribution in [3.8, 4) is 11.5 Å². The fourth-order valence-corrected chi connectivity index (χ4v) is 2.10. The molecule has 1 saturated heterocycles. The van der Waals surface area contributed by atoms with Gasteiger partial charge in [0.1, 0.15) is 12.6 Å². The van der Waals surface area contributed by atoms with Gasteiger partial charge >= 0.3 is 6.09 Å². The summed E-state index contributed by atoms with van der Waals surface area (Å²) in [6, 6.07) is 4.91. The quantitative estimate of drug-likeness (QED) is 0.870. The average Bonchev–Trinajstić information content (AvgIpc) is 3.03. The van der Waals surface area contributed by atoms with E-state index in [4.69, 9.17) is 14.2 Å². The second kappa shape index (κ2) is 4.92. The Morgan fingerprint density at radius 3 is 2.90 bits per heavy atom. The number of fused-ring (bicyclic) bond motifs is 1. The minimum absolute atomic E-state index is 0.0856. The monoisotopic (exact) mass is 278 g/mol. The van der Waals surface area contributed by atoms with Gasteiger partial charge in [-0.2, -0.15) is 0 Å². The van der Waals surface area contributed by atoms with Gasteiger partial charge in [-0.15, -0.1) is 0 Å². The van der Waals surface area contributed by atoms with Crippen molar-refractivity contribution in [3.05, 3.63) is 23.8 Å². The number of benzene rings is 1. The van der Waals surface area contributed by atoms with Crippen LogP contribution in [-0.4, -0.2) is 43.4 Å². The Kier molecular flexibility index (Phi) is 3.09. The summed E-state index contributed by atoms with van der Waals surface area (Å²) in [6.45, 7) is 0.660. The lowest BCUT2D eigenvalue weighted by Crippen LogP contribution is -2.43. The number of ether oxygens (including phenoxy) is 3. The number of hydrogen-bond acceptors (Lipinski definition) is 5. The Labute approximate surface area is 115 Å². The van der Waals surface area contributed by atoms with Crippen molar-refractivity contribution < 1.29 is 23.8 Å². The maximum atomic E-state index is 12.0. The lowest BCUT2D eigenvalue weighted by Gasteiger charge is -2.15. The molecule has 0 aromatic heterocycles. The molecule has 20 heavy (non-hydrogen) atoms. The van der Waals surface area contributed by atoms with Crippen LogP contribution in [0.5, 0.6) is 11.5 Å². The van der Waals surface area contributed by atoms with Crippen LogP contribution in [0.1, 0.15) is 5.56 Å². The number of carbonyl (C=O) groups excluding carboxylic acids is 2. The van der Waals surface area contributed by atoms with Gasteiger partial charge in [0.2, 0.25) is 12.7 Å². The molecule has 1 unspecified atom stereocenters. The van der Waals surface area contributed by atoms with Crippen molar-refractivity contribution in [3.63, 3.8) is 0 Å². The summed E-state index contributed by atoms with van der Waals surface area (Å²) in [5, 5.41) is 2.77. The highest BCUT2D eigenvalue weighted by Crippen LogP contribution is 2.32. The maximum Gasteiger partial charge on any atom is 0.410 e. The van der Waals surface area contributed by atoms with Gasteiger partial charge in [-0.25, -0.2) is 4.79 Å². The highest BCUT2D eigenvalue weighted by molar-refractivity contribution is 5.87. The third-order valence-electron chi connectivity index (χ3n) is 3.33. The molecule has 7 heteroatoms. The highest BCUT2D eigenvalue weighted by Gasteiger charge is 2.34. The predicted octanol–water partition coefficient (Wildman–Crippen LogP) is 0.482. The van der Waals surface area contributed by atoms with Crippen molar-refractivity contribution in [2.24, 2.45) is 0 Å². The molecule has 1 aromatic rings. The van der Waals surface area contributed by atoms with E-state index in [0.29, 0.717) is 18.0 Å². The lowest BCUT2D eigenvalue weighted by molar-refractivity contribution is -0.124. The smallest absolute Gasteiger partial charge is 0.410 e. The molecule has 3 rings (SSSR count). The first-order valence-electron chi connectivity index (χ1n) is 6.21. The van der Waals surface area contributed by atoms with E-state index in [1.165, 1.54) is 4.90 Å². The van der Waals surface area contributed by atoms with E-state index < -0.39 is 12.1 Å². The molecule has 7 nitrogen and oxygen atoms in total. The molecular formula is C13H14N2O5. The molecule has 1 aromatic carbocycles. The number of nitrogens with one attached hydrogen (secondary N) is 1. The zero-order valence-corrected chi connectivity index (χ0v) is 10.9. The van der Waals surface area contributed by atoms with Gasteiger partial charge in [0.05, 0.1) is 0 Å². The molecule has 1 fully saturated rings. The first-order valence-corrected chi connectivity index (χ1v) is 6.21. The molecule has 2 amide bonds. The zero-order valence-electron chi connectivity index (χ0n) is 10.9. The van der Waals surface area contributed by atoms with E-state index >= 15 is 0 Å². The van der Waals surface area contributed by atoms with Gasteiger partial charge < -0.3 is 19.5 Å². The Balaban J connectivity index is 1.59. The van der Waals surface area contributed by atoms with Crippen molar-refractivity contribution in [1.29, 1.82) is 0 Å². The van der Waals surface area contributed by atoms with Gasteiger partial charge in [-0.05, 0) is 17.7 Å². The second-order valence-electron chi connectivity index (χ2n) is 4.61. The lowest BCUT2D eigenvalue weighted by atomic mass is 10.2. The topological polar surface area (TPSA) is 77.1 Å². The van der Waals surface area contributed by atoms with Gasteiger partial charge in [-0.3, -0.25) is 9.69 Å². The Hall–Kier alpha value is -2.44. The molecule has 2 aliphatic rings. The summed E-state index contributed by atoms with van der Waals surface area (Å²) >= 11 is 0. The van der Waals surface area contributed by atoms with Crippen LogP contribution in [0, 0.1) is 0 Å². The molecule has 0 bridgehead atoms. The SMILES string of the molecule is CN1C(=O)OCC1C(=O)NCc1ccc2c(c1)OCO2. The van der Waals surface area contributed by atoms with Crippen molar-refractivity contribution in [1.82, 2.24) is 10.2 Å². The standard InChI is InChI=1S/C13H14N2O5/c1-15-9(6-18-13(15)17)12(16)14-5-8-2-3-10-11(4-8)20-7-19-10/h2-4,9H,5-7H2,1H3,(H,14,16). The van der Waals surface area contributed by atoms with E-state index in [-0.39, 0.29) is 19.3 Å². The third-order valence-corrected chi connectivity index (χ3v) is 3.33. The van der Waals surface area contributed by atoms with E-state index in [9.17, 15) is 9.59 Å². The summed E-state index contributed by atoms with van der Waals surface area (Å²) in [5.41, 5.74) is 0.899. The summed E-state index contributed by atoms with van der Waals surface area (Å²) in [5.74, 6) is 1.14. The van der Waals surface area contributed by atoms with Crippen LogP contribution in [0.2, 0.25) is 0 Å². The van der Waals surface area contributed by atoms with E-state index in [1.54, 1.807) is 13.1 Å². The van der Waals surface area contributed by atoms with Gasteiger partial charge in [0.25, 0.3) is 0 Å². The molecule has 2 aliphatic heterocycles. The molecule has 0 aliphatic carbocycles. The molecular weight excluding hydrogens is 264 g/mol. The van der Waals surface area contributed by atoms with E-state index in [0.717, 1.165) is 5.56 Å². The number of rotatable bonds is 3. The van der Waals surface area contributed by atoms with Crippen molar-refractivity contribution in [2.75, 3.05) is 20.4 Å². The number of likely N-dealkylation sites (N-methyl/N-ethyl adjacent to an activating group) is 1. The van der Waals surface area contributed by atoms with Crippen LogP contribution in [0.25, 0.3) is 0 Å². The normalized spacial score (nSPS) is 19.9. The first kappa shape index (κ1) is 12.6. The number of hydrogen-bond donors (Lipinski definition) is 1. The van der Waals surface area contributed by atoms with Crippen LogP contribution in [0.3, 0.4) is 0 Å². The summed E-state index contributed by atoms with van der Waals surface area (Å²) in [7, 11) is 1.54. The van der Waals surface area contributed by atoms with Crippen LogP contribution in [-0.2, 0) is 16.1 Å². The molecule has 0 spiro atoms. The number of nitrogens with zero attached hydrogens (tertiary/aromatic N) is 1. The average molecular weight is 278 g/mol. The van der Waals surface area contributed by atoms with E-state index in [2.05, 4.69) is 5.32 Å². The fraction of sp³-hybridized carbons (Fsp3) is 0.385. The molecule has 0 saturated carbocycles. The fourth-order valence-electron chi connectivity index (χ4n) is 2.10. The third kappa shape index (κ3) is 2.22. The number of carbonyl (C=O) groups is 2. The highest BCUT2D eigenvalue weighted by atomic mass is 16.7. The van der Waals surface area contributed by atoms with Crippen LogP contribution in [0.15, 0.2) is 18.2 Å². The number of amides is 2. The largest absolute Gasteiger partial charge is 0.454 e. The van der Waals surface area contributed by atoms with Gasteiger partial charge in [0.15, 0.2) is 11.5 Å². The molecule has 1 N–H and O–H groups in total. The molecule has 2 heterocycles. The first-order chi connectivity index (χ1) is 9.65. The molecule has 106 valence electrons. The van der Waals surface area contributed by atoms with Crippen LogP contribution < -0.4 is 14.8 Å². The second-order valence-corrected chi connectivity index (χ2v) is 4.61. The molecule has 1 atom stereocenters. The minimum Gasteiger partial charge on any atom is -0.454 e. The summed E-state index contributed by atoms with van der Waals surface area (Å²) < 4.78 is 15.3. The summed E-state index contributed by atoms with van der Waals surface area (Å²) in [6.07, 6.45) is -0.478. The Morgan fingerprint density at radius 2 is 2.15 bits per heavy atom.